The topological polar surface area (TPSA) is 48.4 Å². The zero-order valence-corrected chi connectivity index (χ0v) is 14.9. The maximum absolute atomic E-state index is 13.9. The van der Waals surface area contributed by atoms with Gasteiger partial charge >= 0.3 is 0 Å². The van der Waals surface area contributed by atoms with Crippen LogP contribution in [0.5, 0.6) is 0 Å². The highest BCUT2D eigenvalue weighted by molar-refractivity contribution is 5.50. The van der Waals surface area contributed by atoms with Crippen molar-refractivity contribution < 1.29 is 4.39 Å². The minimum atomic E-state index is -0.167. The molecular formula is C18H25FN6. The summed E-state index contributed by atoms with van der Waals surface area (Å²) in [6, 6.07) is 6.93. The van der Waals surface area contributed by atoms with Gasteiger partial charge in [0.25, 0.3) is 0 Å². The molecule has 0 bridgehead atoms. The second-order valence-electron chi connectivity index (χ2n) is 6.32. The van der Waals surface area contributed by atoms with E-state index in [0.29, 0.717) is 11.6 Å². The summed E-state index contributed by atoms with van der Waals surface area (Å²) in [5.74, 6) is 1.32. The Kier molecular flexibility index (Phi) is 5.63. The van der Waals surface area contributed by atoms with Crippen molar-refractivity contribution in [2.24, 2.45) is 0 Å². The third-order valence-corrected chi connectivity index (χ3v) is 4.52. The fourth-order valence-corrected chi connectivity index (χ4v) is 2.98. The first-order chi connectivity index (χ1) is 12.2. The Morgan fingerprint density at radius 1 is 1.12 bits per heavy atom. The van der Waals surface area contributed by atoms with Crippen LogP contribution in [0.15, 0.2) is 30.5 Å². The minimum absolute atomic E-state index is 0.167. The number of halogens is 1. The van der Waals surface area contributed by atoms with E-state index in [9.17, 15) is 4.39 Å². The average molecular weight is 344 g/mol. The molecule has 1 saturated heterocycles. The molecule has 0 saturated carbocycles. The van der Waals surface area contributed by atoms with Crippen molar-refractivity contribution in [2.75, 3.05) is 54.5 Å². The summed E-state index contributed by atoms with van der Waals surface area (Å²) in [4.78, 5) is 10.9. The fraction of sp³-hybridized carbons (Fsp3) is 0.500. The fourth-order valence-electron chi connectivity index (χ4n) is 2.98. The predicted molar refractivity (Wildman–Crippen MR) is 98.8 cm³/mol. The van der Waals surface area contributed by atoms with Gasteiger partial charge in [-0.15, -0.1) is 5.10 Å². The van der Waals surface area contributed by atoms with Gasteiger partial charge in [-0.2, -0.15) is 10.1 Å². The minimum Gasteiger partial charge on any atom is -0.366 e. The number of piperazine rings is 1. The number of benzene rings is 1. The van der Waals surface area contributed by atoms with Gasteiger partial charge in [-0.3, -0.25) is 0 Å². The van der Waals surface area contributed by atoms with Crippen LogP contribution in [0.1, 0.15) is 19.8 Å². The van der Waals surface area contributed by atoms with Crippen LogP contribution in [0.2, 0.25) is 0 Å². The first kappa shape index (κ1) is 17.4. The smallest absolute Gasteiger partial charge is 0.247 e. The molecule has 1 aliphatic heterocycles. The van der Waals surface area contributed by atoms with Crippen molar-refractivity contribution in [3.8, 4) is 0 Å². The number of nitrogens with zero attached hydrogens (tertiary/aromatic N) is 6. The van der Waals surface area contributed by atoms with Crippen molar-refractivity contribution in [3.63, 3.8) is 0 Å². The average Bonchev–Trinajstić information content (AvgIpc) is 2.67. The van der Waals surface area contributed by atoms with Crippen molar-refractivity contribution in [3.05, 3.63) is 36.3 Å². The van der Waals surface area contributed by atoms with Crippen LogP contribution in [0.4, 0.5) is 21.8 Å². The van der Waals surface area contributed by atoms with Gasteiger partial charge in [0.05, 0.1) is 11.9 Å². The van der Waals surface area contributed by atoms with Crippen LogP contribution in [0.25, 0.3) is 0 Å². The van der Waals surface area contributed by atoms with Crippen LogP contribution < -0.4 is 14.7 Å². The van der Waals surface area contributed by atoms with Crippen LogP contribution in [-0.2, 0) is 0 Å². The number of para-hydroxylation sites is 1. The van der Waals surface area contributed by atoms with Crippen molar-refractivity contribution in [1.29, 1.82) is 0 Å². The van der Waals surface area contributed by atoms with Crippen LogP contribution in [0.3, 0.4) is 0 Å². The summed E-state index contributed by atoms with van der Waals surface area (Å²) >= 11 is 0. The standard InChI is InChI=1S/C18H25FN6/c1-3-4-9-23(2)18-21-17(14-20-22-18)25-12-10-24(11-13-25)16-8-6-5-7-15(16)19/h5-8,14H,3-4,9-13H2,1-2H3. The monoisotopic (exact) mass is 344 g/mol. The van der Waals surface area contributed by atoms with E-state index in [0.717, 1.165) is 51.4 Å². The number of hydrogen-bond donors (Lipinski definition) is 0. The maximum Gasteiger partial charge on any atom is 0.247 e. The molecule has 1 aliphatic rings. The van der Waals surface area contributed by atoms with E-state index in [1.807, 2.05) is 24.1 Å². The van der Waals surface area contributed by atoms with E-state index in [4.69, 9.17) is 0 Å². The zero-order valence-electron chi connectivity index (χ0n) is 14.9. The summed E-state index contributed by atoms with van der Waals surface area (Å²) in [5.41, 5.74) is 0.669. The lowest BCUT2D eigenvalue weighted by molar-refractivity contribution is 0.595. The summed E-state index contributed by atoms with van der Waals surface area (Å²) in [6.07, 6.45) is 3.94. The molecular weight excluding hydrogens is 319 g/mol. The van der Waals surface area contributed by atoms with E-state index in [1.165, 1.54) is 6.07 Å². The Hall–Kier alpha value is -2.44. The van der Waals surface area contributed by atoms with Gasteiger partial charge in [-0.05, 0) is 18.6 Å². The first-order valence-electron chi connectivity index (χ1n) is 8.84. The summed E-state index contributed by atoms with van der Waals surface area (Å²) in [5, 5.41) is 8.25. The molecule has 0 spiro atoms. The molecule has 0 N–H and O–H groups in total. The summed E-state index contributed by atoms with van der Waals surface area (Å²) in [7, 11) is 1.99. The Balaban J connectivity index is 1.64. The number of hydrogen-bond acceptors (Lipinski definition) is 6. The maximum atomic E-state index is 13.9. The van der Waals surface area contributed by atoms with E-state index in [2.05, 4.69) is 31.9 Å². The predicted octanol–water partition coefficient (Wildman–Crippen LogP) is 2.57. The molecule has 1 fully saturated rings. The molecule has 2 aromatic rings. The molecule has 0 atom stereocenters. The zero-order chi connectivity index (χ0) is 17.6. The lowest BCUT2D eigenvalue weighted by Crippen LogP contribution is -2.47. The Labute approximate surface area is 148 Å². The lowest BCUT2D eigenvalue weighted by Gasteiger charge is -2.36. The van der Waals surface area contributed by atoms with Crippen molar-refractivity contribution in [2.45, 2.75) is 19.8 Å². The van der Waals surface area contributed by atoms with Gasteiger partial charge in [0, 0.05) is 39.8 Å². The molecule has 0 radical (unpaired) electrons. The largest absolute Gasteiger partial charge is 0.366 e. The molecule has 3 rings (SSSR count). The second-order valence-corrected chi connectivity index (χ2v) is 6.32. The van der Waals surface area contributed by atoms with Crippen LogP contribution in [-0.4, -0.2) is 55.0 Å². The quantitative estimate of drug-likeness (QED) is 0.803. The molecule has 6 nitrogen and oxygen atoms in total. The van der Waals surface area contributed by atoms with Crippen LogP contribution >= 0.6 is 0 Å². The molecule has 2 heterocycles. The molecule has 134 valence electrons. The van der Waals surface area contributed by atoms with E-state index < -0.39 is 0 Å². The third kappa shape index (κ3) is 4.15. The lowest BCUT2D eigenvalue weighted by atomic mass is 10.2. The van der Waals surface area contributed by atoms with Gasteiger partial charge in [0.2, 0.25) is 5.95 Å². The van der Waals surface area contributed by atoms with Gasteiger partial charge in [0.1, 0.15) is 5.82 Å². The van der Waals surface area contributed by atoms with E-state index in [-0.39, 0.29) is 5.82 Å². The molecule has 25 heavy (non-hydrogen) atoms. The van der Waals surface area contributed by atoms with Crippen LogP contribution in [0, 0.1) is 5.82 Å². The molecule has 7 heteroatoms. The summed E-state index contributed by atoms with van der Waals surface area (Å²) < 4.78 is 13.9. The highest BCUT2D eigenvalue weighted by atomic mass is 19.1. The third-order valence-electron chi connectivity index (χ3n) is 4.52. The van der Waals surface area contributed by atoms with Gasteiger partial charge in [0.15, 0.2) is 5.82 Å². The highest BCUT2D eigenvalue weighted by Gasteiger charge is 2.21. The number of rotatable bonds is 6. The number of unbranched alkanes of at least 4 members (excludes halogenated alkanes) is 1. The first-order valence-corrected chi connectivity index (χ1v) is 8.84. The normalized spacial score (nSPS) is 14.7. The van der Waals surface area contributed by atoms with E-state index >= 15 is 0 Å². The molecule has 0 unspecified atom stereocenters. The molecule has 1 aromatic heterocycles. The number of aromatic nitrogens is 3. The Morgan fingerprint density at radius 2 is 1.84 bits per heavy atom. The second kappa shape index (κ2) is 8.09. The SMILES string of the molecule is CCCCN(C)c1nncc(N2CCN(c3ccccc3F)CC2)n1. The van der Waals surface area contributed by atoms with Gasteiger partial charge in [-0.1, -0.05) is 25.5 Å². The van der Waals surface area contributed by atoms with E-state index in [1.54, 1.807) is 12.3 Å². The Bertz CT molecular complexity index is 687. The Morgan fingerprint density at radius 3 is 2.56 bits per heavy atom. The van der Waals surface area contributed by atoms with Crippen molar-refractivity contribution in [1.82, 2.24) is 15.2 Å². The molecule has 0 amide bonds. The number of anilines is 3. The van der Waals surface area contributed by atoms with Crippen molar-refractivity contribution >= 4 is 17.5 Å². The molecule has 1 aromatic carbocycles. The highest BCUT2D eigenvalue weighted by Crippen LogP contribution is 2.22. The van der Waals surface area contributed by atoms with Gasteiger partial charge in [-0.25, -0.2) is 4.39 Å². The molecule has 0 aliphatic carbocycles. The summed E-state index contributed by atoms with van der Waals surface area (Å²) in [6.45, 7) is 6.16. The van der Waals surface area contributed by atoms with Gasteiger partial charge < -0.3 is 14.7 Å².